The van der Waals surface area contributed by atoms with Gasteiger partial charge in [-0.1, -0.05) is 30.3 Å². The number of carbonyl (C=O) groups is 2. The Hall–Kier alpha value is -2.08. The first kappa shape index (κ1) is 19.7. The lowest BCUT2D eigenvalue weighted by atomic mass is 9.95. The van der Waals surface area contributed by atoms with E-state index in [0.29, 0.717) is 25.5 Å². The molecule has 2 fully saturated rings. The fourth-order valence-corrected chi connectivity index (χ4v) is 4.09. The van der Waals surface area contributed by atoms with Crippen molar-refractivity contribution in [3.63, 3.8) is 0 Å². The lowest BCUT2D eigenvalue weighted by Gasteiger charge is -2.34. The second kappa shape index (κ2) is 9.22. The van der Waals surface area contributed by atoms with Crippen LogP contribution in [0.25, 0.3) is 0 Å². The topological polar surface area (TPSA) is 55.9 Å². The molecule has 0 radical (unpaired) electrons. The third-order valence-electron chi connectivity index (χ3n) is 5.80. The molecule has 2 aliphatic rings. The number of likely N-dealkylation sites (tertiary alicyclic amines) is 2. The number of amides is 3. The number of hydrogen-bond acceptors (Lipinski definition) is 3. The molecule has 0 spiro atoms. The molecule has 6 heteroatoms. The SMILES string of the molecule is CN(C)C(CNC(=O)N1CCC(C(=O)N2CCCC2)CC1)c1ccccc1. The Morgan fingerprint density at radius 3 is 2.26 bits per heavy atom. The number of urea groups is 1. The number of nitrogens with zero attached hydrogens (tertiary/aromatic N) is 3. The highest BCUT2D eigenvalue weighted by molar-refractivity contribution is 5.80. The predicted octanol–water partition coefficient (Wildman–Crippen LogP) is 2.33. The number of nitrogens with one attached hydrogen (secondary N) is 1. The van der Waals surface area contributed by atoms with Crippen LogP contribution in [-0.4, -0.2) is 73.5 Å². The zero-order valence-corrected chi connectivity index (χ0v) is 16.6. The van der Waals surface area contributed by atoms with Crippen LogP contribution in [0.5, 0.6) is 0 Å². The molecule has 1 aromatic carbocycles. The number of likely N-dealkylation sites (N-methyl/N-ethyl adjacent to an activating group) is 1. The van der Waals surface area contributed by atoms with E-state index >= 15 is 0 Å². The minimum Gasteiger partial charge on any atom is -0.342 e. The van der Waals surface area contributed by atoms with Crippen molar-refractivity contribution >= 4 is 11.9 Å². The van der Waals surface area contributed by atoms with Gasteiger partial charge in [0.25, 0.3) is 0 Å². The van der Waals surface area contributed by atoms with Crippen LogP contribution in [0.4, 0.5) is 4.79 Å². The summed E-state index contributed by atoms with van der Waals surface area (Å²) in [5, 5.41) is 3.08. The standard InChI is InChI=1S/C21H32N4O2/c1-23(2)19(17-8-4-3-5-9-17)16-22-21(27)25-14-10-18(11-15-25)20(26)24-12-6-7-13-24/h3-5,8-9,18-19H,6-7,10-16H2,1-2H3,(H,22,27). The Labute approximate surface area is 162 Å². The van der Waals surface area contributed by atoms with E-state index in [1.807, 2.05) is 42.1 Å². The summed E-state index contributed by atoms with van der Waals surface area (Å²) in [5.41, 5.74) is 1.19. The largest absolute Gasteiger partial charge is 0.342 e. The number of hydrogen-bond donors (Lipinski definition) is 1. The average molecular weight is 373 g/mol. The van der Waals surface area contributed by atoms with Gasteiger partial charge in [-0.3, -0.25) is 4.79 Å². The molecule has 0 aromatic heterocycles. The monoisotopic (exact) mass is 372 g/mol. The molecule has 6 nitrogen and oxygen atoms in total. The molecule has 2 saturated heterocycles. The second-order valence-corrected chi connectivity index (χ2v) is 7.87. The molecule has 3 rings (SSSR count). The summed E-state index contributed by atoms with van der Waals surface area (Å²) in [6, 6.07) is 10.3. The first-order valence-electron chi connectivity index (χ1n) is 10.1. The average Bonchev–Trinajstić information content (AvgIpc) is 3.23. The van der Waals surface area contributed by atoms with Crippen LogP contribution in [0.15, 0.2) is 30.3 Å². The van der Waals surface area contributed by atoms with Gasteiger partial charge in [0.1, 0.15) is 0 Å². The third-order valence-corrected chi connectivity index (χ3v) is 5.80. The molecule has 1 N–H and O–H groups in total. The van der Waals surface area contributed by atoms with Crippen LogP contribution in [0, 0.1) is 5.92 Å². The van der Waals surface area contributed by atoms with Gasteiger partial charge in [0.05, 0.1) is 6.04 Å². The van der Waals surface area contributed by atoms with Crippen molar-refractivity contribution in [2.75, 3.05) is 46.8 Å². The zero-order valence-electron chi connectivity index (χ0n) is 16.6. The number of carbonyl (C=O) groups excluding carboxylic acids is 2. The van der Waals surface area contributed by atoms with Crippen LogP contribution in [-0.2, 0) is 4.79 Å². The summed E-state index contributed by atoms with van der Waals surface area (Å²) in [4.78, 5) is 31.1. The van der Waals surface area contributed by atoms with Crippen LogP contribution in [0.1, 0.15) is 37.3 Å². The van der Waals surface area contributed by atoms with E-state index in [1.54, 1.807) is 0 Å². The van der Waals surface area contributed by atoms with E-state index in [1.165, 1.54) is 5.56 Å². The lowest BCUT2D eigenvalue weighted by molar-refractivity contribution is -0.135. The summed E-state index contributed by atoms with van der Waals surface area (Å²) < 4.78 is 0. The molecular formula is C21H32N4O2. The second-order valence-electron chi connectivity index (χ2n) is 7.87. The van der Waals surface area contributed by atoms with Gasteiger partial charge in [-0.2, -0.15) is 0 Å². The van der Waals surface area contributed by atoms with Crippen molar-refractivity contribution in [1.82, 2.24) is 20.0 Å². The summed E-state index contributed by atoms with van der Waals surface area (Å²) >= 11 is 0. The molecule has 0 bridgehead atoms. The minimum atomic E-state index is -0.0233. The molecule has 27 heavy (non-hydrogen) atoms. The molecule has 148 valence electrons. The van der Waals surface area contributed by atoms with Crippen molar-refractivity contribution in [1.29, 1.82) is 0 Å². The summed E-state index contributed by atoms with van der Waals surface area (Å²) in [6.07, 6.45) is 3.81. The van der Waals surface area contributed by atoms with Gasteiger partial charge in [0, 0.05) is 38.6 Å². The quantitative estimate of drug-likeness (QED) is 0.863. The maximum absolute atomic E-state index is 12.6. The van der Waals surface area contributed by atoms with Crippen molar-refractivity contribution < 1.29 is 9.59 Å². The highest BCUT2D eigenvalue weighted by Crippen LogP contribution is 2.22. The molecule has 1 unspecified atom stereocenters. The van der Waals surface area contributed by atoms with E-state index in [2.05, 4.69) is 22.3 Å². The highest BCUT2D eigenvalue weighted by Gasteiger charge is 2.31. The maximum atomic E-state index is 12.6. The van der Waals surface area contributed by atoms with Crippen LogP contribution in [0.2, 0.25) is 0 Å². The Morgan fingerprint density at radius 1 is 1.04 bits per heavy atom. The van der Waals surface area contributed by atoms with Gasteiger partial charge < -0.3 is 20.0 Å². The van der Waals surface area contributed by atoms with E-state index in [0.717, 1.165) is 38.8 Å². The smallest absolute Gasteiger partial charge is 0.317 e. The molecule has 1 aromatic rings. The van der Waals surface area contributed by atoms with E-state index in [-0.39, 0.29) is 18.0 Å². The Kier molecular flexibility index (Phi) is 6.72. The molecule has 0 aliphatic carbocycles. The molecule has 2 heterocycles. The number of benzene rings is 1. The van der Waals surface area contributed by atoms with E-state index in [4.69, 9.17) is 0 Å². The normalized spacial score (nSPS) is 19.4. The minimum absolute atomic E-state index is 0.0233. The first-order chi connectivity index (χ1) is 13.1. The molecular weight excluding hydrogens is 340 g/mol. The summed E-state index contributed by atoms with van der Waals surface area (Å²) in [5.74, 6) is 0.385. The maximum Gasteiger partial charge on any atom is 0.317 e. The van der Waals surface area contributed by atoms with Gasteiger partial charge in [0.15, 0.2) is 0 Å². The van der Waals surface area contributed by atoms with Crippen molar-refractivity contribution in [2.24, 2.45) is 5.92 Å². The van der Waals surface area contributed by atoms with Gasteiger partial charge in [-0.05, 0) is 45.3 Å². The van der Waals surface area contributed by atoms with Gasteiger partial charge in [-0.15, -0.1) is 0 Å². The summed E-state index contributed by atoms with van der Waals surface area (Å²) in [6.45, 7) is 3.71. The number of rotatable bonds is 5. The zero-order chi connectivity index (χ0) is 19.2. The Morgan fingerprint density at radius 2 is 1.67 bits per heavy atom. The van der Waals surface area contributed by atoms with Gasteiger partial charge in [-0.25, -0.2) is 4.79 Å². The van der Waals surface area contributed by atoms with Crippen LogP contribution in [0.3, 0.4) is 0 Å². The third kappa shape index (κ3) is 5.01. The first-order valence-corrected chi connectivity index (χ1v) is 10.1. The van der Waals surface area contributed by atoms with E-state index in [9.17, 15) is 9.59 Å². The lowest BCUT2D eigenvalue weighted by Crippen LogP contribution is -2.48. The molecule has 3 amide bonds. The number of piperidine rings is 1. The highest BCUT2D eigenvalue weighted by atomic mass is 16.2. The molecule has 2 aliphatic heterocycles. The van der Waals surface area contributed by atoms with Crippen LogP contribution >= 0.6 is 0 Å². The van der Waals surface area contributed by atoms with Crippen molar-refractivity contribution in [3.05, 3.63) is 35.9 Å². The predicted molar refractivity (Wildman–Crippen MR) is 106 cm³/mol. The fourth-order valence-electron chi connectivity index (χ4n) is 4.09. The summed E-state index contributed by atoms with van der Waals surface area (Å²) in [7, 11) is 4.05. The fraction of sp³-hybridized carbons (Fsp3) is 0.619. The van der Waals surface area contributed by atoms with Crippen molar-refractivity contribution in [3.8, 4) is 0 Å². The molecule has 0 saturated carbocycles. The Bertz CT molecular complexity index is 620. The van der Waals surface area contributed by atoms with E-state index < -0.39 is 0 Å². The van der Waals surface area contributed by atoms with Crippen LogP contribution < -0.4 is 5.32 Å². The van der Waals surface area contributed by atoms with Gasteiger partial charge in [0.2, 0.25) is 5.91 Å². The molecule has 1 atom stereocenters. The van der Waals surface area contributed by atoms with Crippen molar-refractivity contribution in [2.45, 2.75) is 31.7 Å². The Balaban J connectivity index is 1.47. The van der Waals surface area contributed by atoms with Gasteiger partial charge >= 0.3 is 6.03 Å².